The zero-order chi connectivity index (χ0) is 40.7. The molecule has 0 radical (unpaired) electrons. The molecule has 3 aliphatic heterocycles. The normalized spacial score (nSPS) is 17.6. The van der Waals surface area contributed by atoms with Gasteiger partial charge in [-0.2, -0.15) is 0 Å². The Kier molecular flexibility index (Phi) is 11.2. The van der Waals surface area contributed by atoms with Crippen molar-refractivity contribution in [2.75, 3.05) is 31.5 Å². The van der Waals surface area contributed by atoms with Crippen LogP contribution in [0.15, 0.2) is 30.3 Å². The molecule has 0 bridgehead atoms. The van der Waals surface area contributed by atoms with Crippen LogP contribution in [0.5, 0.6) is 23.0 Å². The Labute approximate surface area is 324 Å². The number of phenols is 3. The number of imide groups is 1. The number of carbonyl (C=O) groups is 5. The third kappa shape index (κ3) is 7.56. The largest absolute Gasteiger partial charge is 0.547 e. The molecule has 8 N–H and O–H groups in total. The Bertz CT molecular complexity index is 2150. The van der Waals surface area contributed by atoms with Crippen LogP contribution >= 0.6 is 23.2 Å². The number of phenolic OH excluding ortho intramolecular Hbond substituents is 3. The van der Waals surface area contributed by atoms with Crippen LogP contribution < -0.4 is 20.6 Å². The van der Waals surface area contributed by atoms with Crippen molar-refractivity contribution in [3.63, 3.8) is 0 Å². The monoisotopic (exact) mass is 824 g/mol. The second-order valence-corrected chi connectivity index (χ2v) is 13.7. The van der Waals surface area contributed by atoms with Gasteiger partial charge in [0.15, 0.2) is 17.3 Å². The predicted molar refractivity (Wildman–Crippen MR) is 189 cm³/mol. The number of anilines is 1. The number of aromatic carboxylic acids is 1. The van der Waals surface area contributed by atoms with Crippen LogP contribution in [-0.4, -0.2) is 115 Å². The minimum atomic E-state index is -2.00. The second kappa shape index (κ2) is 15.7. The lowest BCUT2D eigenvalue weighted by Gasteiger charge is -2.36. The summed E-state index contributed by atoms with van der Waals surface area (Å²) < 4.78 is 48.4. The number of hydrogen-bond donors (Lipinski definition) is 8. The van der Waals surface area contributed by atoms with Crippen LogP contribution in [0, 0.1) is 17.5 Å². The molecular formula is C33H30BCl2F3N6O11. The topological polar surface area (TPSA) is 242 Å². The maximum absolute atomic E-state index is 14.7. The molecule has 0 spiro atoms. The highest BCUT2D eigenvalue weighted by Gasteiger charge is 2.43. The van der Waals surface area contributed by atoms with Crippen LogP contribution in [-0.2, 0) is 11.2 Å². The molecule has 0 unspecified atom stereocenters. The molecule has 6 rings (SSSR count). The first-order chi connectivity index (χ1) is 26.5. The van der Waals surface area contributed by atoms with Gasteiger partial charge in [-0.1, -0.05) is 29.3 Å². The number of nitrogens with zero attached hydrogens (tertiary/aromatic N) is 3. The second-order valence-electron chi connectivity index (χ2n) is 12.9. The minimum Gasteiger partial charge on any atom is -0.534 e. The number of fused-ring (bicyclic) bond motifs is 1. The molecule has 56 heavy (non-hydrogen) atoms. The van der Waals surface area contributed by atoms with Crippen molar-refractivity contribution in [2.45, 2.75) is 37.3 Å². The van der Waals surface area contributed by atoms with E-state index in [9.17, 15) is 62.6 Å². The first kappa shape index (κ1) is 39.9. The van der Waals surface area contributed by atoms with E-state index in [0.29, 0.717) is 6.07 Å². The van der Waals surface area contributed by atoms with Crippen molar-refractivity contribution in [1.82, 2.24) is 25.3 Å². The van der Waals surface area contributed by atoms with Gasteiger partial charge < -0.3 is 55.9 Å². The maximum Gasteiger partial charge on any atom is 0.547 e. The van der Waals surface area contributed by atoms with Crippen LogP contribution in [0.3, 0.4) is 0 Å². The van der Waals surface area contributed by atoms with E-state index in [2.05, 4.69) is 16.0 Å². The van der Waals surface area contributed by atoms with Crippen LogP contribution in [0.25, 0.3) is 0 Å². The van der Waals surface area contributed by atoms with E-state index in [0.717, 1.165) is 23.1 Å². The van der Waals surface area contributed by atoms with Gasteiger partial charge in [-0.15, -0.1) is 0 Å². The summed E-state index contributed by atoms with van der Waals surface area (Å²) in [5.41, 5.74) is -1.76. The molecule has 2 fully saturated rings. The summed E-state index contributed by atoms with van der Waals surface area (Å²) in [5.74, 6) is -11.1. The number of carbonyl (C=O) groups excluding carboxylic acids is 4. The fourth-order valence-corrected chi connectivity index (χ4v) is 7.10. The van der Waals surface area contributed by atoms with Gasteiger partial charge in [-0.25, -0.2) is 37.2 Å². The van der Waals surface area contributed by atoms with E-state index >= 15 is 0 Å². The molecule has 23 heteroatoms. The van der Waals surface area contributed by atoms with Gasteiger partial charge >= 0.3 is 31.2 Å². The number of piperidine rings is 1. The van der Waals surface area contributed by atoms with Crippen LogP contribution in [0.1, 0.15) is 40.4 Å². The summed E-state index contributed by atoms with van der Waals surface area (Å²) in [6.07, 6.45) is 0.174. The smallest absolute Gasteiger partial charge is 0.534 e. The summed E-state index contributed by atoms with van der Waals surface area (Å²) in [5, 5.41) is 55.8. The molecule has 7 amide bonds. The molecule has 296 valence electrons. The third-order valence-corrected chi connectivity index (χ3v) is 10.3. The fourth-order valence-electron chi connectivity index (χ4n) is 6.65. The molecular weight excluding hydrogens is 795 g/mol. The molecule has 0 aromatic heterocycles. The lowest BCUT2D eigenvalue weighted by Crippen LogP contribution is -2.56. The fraction of sp³-hybridized carbons (Fsp3) is 0.303. The number of aromatic hydroxyl groups is 3. The third-order valence-electron chi connectivity index (χ3n) is 9.57. The number of benzene rings is 3. The Morgan fingerprint density at radius 1 is 0.893 bits per heavy atom. The highest BCUT2D eigenvalue weighted by molar-refractivity contribution is 6.47. The van der Waals surface area contributed by atoms with Gasteiger partial charge in [0.2, 0.25) is 5.91 Å². The Morgan fingerprint density at radius 2 is 1.57 bits per heavy atom. The molecule has 3 heterocycles. The molecule has 3 aliphatic rings. The summed E-state index contributed by atoms with van der Waals surface area (Å²) >= 11 is 12.1. The number of rotatable bonds is 7. The van der Waals surface area contributed by atoms with Gasteiger partial charge in [0.05, 0.1) is 11.0 Å². The average Bonchev–Trinajstić information content (AvgIpc) is 3.55. The molecule has 2 saturated heterocycles. The van der Waals surface area contributed by atoms with Crippen molar-refractivity contribution in [3.05, 3.63) is 74.5 Å². The number of carboxylic acids is 1. The van der Waals surface area contributed by atoms with Crippen LogP contribution in [0.4, 0.5) is 33.2 Å². The Morgan fingerprint density at radius 3 is 2.25 bits per heavy atom. The molecule has 17 nitrogen and oxygen atoms in total. The summed E-state index contributed by atoms with van der Waals surface area (Å²) in [6, 6.07) is -0.608. The van der Waals surface area contributed by atoms with Crippen LogP contribution in [0.2, 0.25) is 10.0 Å². The lowest BCUT2D eigenvalue weighted by molar-refractivity contribution is -0.123. The first-order valence-electron chi connectivity index (χ1n) is 16.7. The molecule has 3 aromatic rings. The number of carboxylic acid groups (broad SMARTS) is 1. The maximum atomic E-state index is 14.7. The van der Waals surface area contributed by atoms with Crippen molar-refractivity contribution in [2.24, 2.45) is 0 Å². The first-order valence-corrected chi connectivity index (χ1v) is 17.4. The highest BCUT2D eigenvalue weighted by Crippen LogP contribution is 2.41. The van der Waals surface area contributed by atoms with Gasteiger partial charge in [0.25, 0.3) is 0 Å². The summed E-state index contributed by atoms with van der Waals surface area (Å²) in [4.78, 5) is 68.9. The van der Waals surface area contributed by atoms with Gasteiger partial charge in [-0.05, 0) is 49.1 Å². The zero-order valence-corrected chi connectivity index (χ0v) is 30.1. The Balaban J connectivity index is 1.15. The van der Waals surface area contributed by atoms with Gasteiger partial charge in [-0.3, -0.25) is 4.79 Å². The Hall–Kier alpha value is -5.80. The van der Waals surface area contributed by atoms with Gasteiger partial charge in [0, 0.05) is 37.8 Å². The number of nitrogens with one attached hydrogen (secondary N) is 3. The van der Waals surface area contributed by atoms with E-state index in [-0.39, 0.29) is 56.0 Å². The number of hydrogen-bond acceptors (Lipinski definition) is 10. The quantitative estimate of drug-likeness (QED) is 0.127. The standard InChI is InChI=1S/C33H30BCl2F3N6O11/c35-22-15(12-18(39)26(47)27(22)48)24(29(49)40-20-11-13-1-2-16(37)21(30(50)51)28(13)56-34(20)55)41-32(53)45-10-9-44(33(45)54)14-5-7-43(8-6-14)31(52)42-25-17(38)3-4-19(46)23(25)36/h1-4,12,14,20,24,46-48,55H,5-11H2,(H,40,49)(H,41,53)(H,42,52)(H,50,51)/t20-,24+/m0/s1. The van der Waals surface area contributed by atoms with E-state index in [1.54, 1.807) is 0 Å². The van der Waals surface area contributed by atoms with E-state index in [4.69, 9.17) is 27.9 Å². The molecule has 0 aliphatic carbocycles. The molecule has 0 saturated carbocycles. The van der Waals surface area contributed by atoms with Crippen molar-refractivity contribution < 1.29 is 67.2 Å². The number of urea groups is 3. The molecule has 3 aromatic carbocycles. The number of amides is 7. The van der Waals surface area contributed by atoms with E-state index < -0.39 is 117 Å². The highest BCUT2D eigenvalue weighted by atomic mass is 35.5. The molecule has 2 atom stereocenters. The summed E-state index contributed by atoms with van der Waals surface area (Å²) in [7, 11) is -1.96. The van der Waals surface area contributed by atoms with Crippen molar-refractivity contribution >= 4 is 66.0 Å². The summed E-state index contributed by atoms with van der Waals surface area (Å²) in [6.45, 7) is 0.0552. The lowest BCUT2D eigenvalue weighted by atomic mass is 9.72. The zero-order valence-electron chi connectivity index (χ0n) is 28.6. The number of likely N-dealkylation sites (tertiary alicyclic amines) is 1. The SMILES string of the molecule is O=C(O)c1c(F)ccc2c1OB(O)[C@@H](NC(=O)[C@H](NC(=O)N1CCN(C3CCN(C(=O)Nc4c(F)ccc(O)c4Cl)CC3)C1=O)c1cc(F)c(O)c(O)c1Cl)C2. The van der Waals surface area contributed by atoms with E-state index in [1.165, 1.54) is 15.9 Å². The van der Waals surface area contributed by atoms with E-state index in [1.807, 2.05) is 0 Å². The van der Waals surface area contributed by atoms with Gasteiger partial charge in [0.1, 0.15) is 45.4 Å². The average molecular weight is 825 g/mol. The number of halogens is 5. The predicted octanol–water partition coefficient (Wildman–Crippen LogP) is 3.55. The van der Waals surface area contributed by atoms with Crippen molar-refractivity contribution in [1.29, 1.82) is 0 Å². The minimum absolute atomic E-state index is 0.0312. The van der Waals surface area contributed by atoms with Crippen molar-refractivity contribution in [3.8, 4) is 23.0 Å².